The molecule has 5 heteroatoms. The van der Waals surface area contributed by atoms with E-state index in [9.17, 15) is 0 Å². The van der Waals surface area contributed by atoms with Gasteiger partial charge in [-0.15, -0.1) is 10.2 Å². The van der Waals surface area contributed by atoms with E-state index < -0.39 is 0 Å². The number of nitrogens with one attached hydrogen (secondary N) is 2. The monoisotopic (exact) mass is 257 g/mol. The first-order valence-electron chi connectivity index (χ1n) is 6.63. The average Bonchev–Trinajstić information content (AvgIpc) is 2.92. The standard InChI is InChI=1S/C14H19N5/c1-14(2)10-15-8-9-19(14)13-6-5-12(17-18-13)11-4-3-7-16-11/h3-7,15-16H,8-10H2,1-2H3. The number of hydrogen-bond donors (Lipinski definition) is 2. The SMILES string of the molecule is CC1(C)CNCCN1c1ccc(-c2ccc[nH]2)nn1. The molecule has 2 aromatic rings. The van der Waals surface area contributed by atoms with E-state index in [-0.39, 0.29) is 5.54 Å². The Balaban J connectivity index is 1.86. The summed E-state index contributed by atoms with van der Waals surface area (Å²) < 4.78 is 0. The van der Waals surface area contributed by atoms with Gasteiger partial charge in [-0.1, -0.05) is 0 Å². The summed E-state index contributed by atoms with van der Waals surface area (Å²) in [5.74, 6) is 0.946. The van der Waals surface area contributed by atoms with Crippen LogP contribution < -0.4 is 10.2 Å². The van der Waals surface area contributed by atoms with Crippen molar-refractivity contribution in [1.82, 2.24) is 20.5 Å². The summed E-state index contributed by atoms with van der Waals surface area (Å²) in [7, 11) is 0. The minimum Gasteiger partial charge on any atom is -0.360 e. The van der Waals surface area contributed by atoms with Crippen LogP contribution in [0.5, 0.6) is 0 Å². The Morgan fingerprint density at radius 1 is 1.21 bits per heavy atom. The second kappa shape index (κ2) is 4.66. The molecule has 1 aliphatic rings. The minimum absolute atomic E-state index is 0.0703. The molecule has 100 valence electrons. The number of aromatic amines is 1. The zero-order chi connectivity index (χ0) is 13.3. The Kier molecular flexibility index (Phi) is 2.98. The molecule has 0 spiro atoms. The van der Waals surface area contributed by atoms with Crippen LogP contribution in [0, 0.1) is 0 Å². The summed E-state index contributed by atoms with van der Waals surface area (Å²) in [5.41, 5.74) is 1.95. The largest absolute Gasteiger partial charge is 0.360 e. The maximum absolute atomic E-state index is 4.38. The maximum Gasteiger partial charge on any atom is 0.151 e. The van der Waals surface area contributed by atoms with E-state index in [0.717, 1.165) is 36.8 Å². The third-order valence-electron chi connectivity index (χ3n) is 3.60. The number of aromatic nitrogens is 3. The van der Waals surface area contributed by atoms with Crippen LogP contribution in [0.15, 0.2) is 30.5 Å². The fourth-order valence-electron chi connectivity index (χ4n) is 2.51. The van der Waals surface area contributed by atoms with Gasteiger partial charge in [-0.25, -0.2) is 0 Å². The van der Waals surface area contributed by atoms with Crippen molar-refractivity contribution in [2.24, 2.45) is 0 Å². The Morgan fingerprint density at radius 3 is 2.74 bits per heavy atom. The highest BCUT2D eigenvalue weighted by Gasteiger charge is 2.30. The average molecular weight is 257 g/mol. The van der Waals surface area contributed by atoms with Crippen LogP contribution in [-0.2, 0) is 0 Å². The Morgan fingerprint density at radius 2 is 2.11 bits per heavy atom. The molecule has 0 aromatic carbocycles. The van der Waals surface area contributed by atoms with E-state index in [1.807, 2.05) is 24.4 Å². The first-order chi connectivity index (χ1) is 9.17. The molecule has 0 bridgehead atoms. The van der Waals surface area contributed by atoms with E-state index in [1.54, 1.807) is 0 Å². The Bertz CT molecular complexity index is 529. The highest BCUT2D eigenvalue weighted by Crippen LogP contribution is 2.24. The van der Waals surface area contributed by atoms with Crippen molar-refractivity contribution >= 4 is 5.82 Å². The van der Waals surface area contributed by atoms with Gasteiger partial charge in [-0.2, -0.15) is 0 Å². The highest BCUT2D eigenvalue weighted by atomic mass is 15.3. The van der Waals surface area contributed by atoms with Gasteiger partial charge in [0.2, 0.25) is 0 Å². The van der Waals surface area contributed by atoms with Gasteiger partial charge in [0.15, 0.2) is 5.82 Å². The van der Waals surface area contributed by atoms with Gasteiger partial charge in [0, 0.05) is 31.4 Å². The lowest BCUT2D eigenvalue weighted by Crippen LogP contribution is -2.58. The highest BCUT2D eigenvalue weighted by molar-refractivity contribution is 5.55. The van der Waals surface area contributed by atoms with Crippen molar-refractivity contribution in [3.8, 4) is 11.4 Å². The molecule has 0 radical (unpaired) electrons. The minimum atomic E-state index is 0.0703. The van der Waals surface area contributed by atoms with Crippen molar-refractivity contribution in [1.29, 1.82) is 0 Å². The molecule has 1 aliphatic heterocycles. The zero-order valence-corrected chi connectivity index (χ0v) is 11.3. The number of hydrogen-bond acceptors (Lipinski definition) is 4. The molecular weight excluding hydrogens is 238 g/mol. The zero-order valence-electron chi connectivity index (χ0n) is 11.3. The molecule has 2 N–H and O–H groups in total. The molecular formula is C14H19N5. The van der Waals surface area contributed by atoms with Crippen molar-refractivity contribution < 1.29 is 0 Å². The number of nitrogens with zero attached hydrogens (tertiary/aromatic N) is 3. The molecule has 5 nitrogen and oxygen atoms in total. The molecule has 0 unspecified atom stereocenters. The lowest BCUT2D eigenvalue weighted by atomic mass is 10.0. The maximum atomic E-state index is 4.38. The Hall–Kier alpha value is -1.88. The van der Waals surface area contributed by atoms with Gasteiger partial charge < -0.3 is 15.2 Å². The molecule has 19 heavy (non-hydrogen) atoms. The third kappa shape index (κ3) is 2.33. The van der Waals surface area contributed by atoms with Crippen LogP contribution in [0.2, 0.25) is 0 Å². The summed E-state index contributed by atoms with van der Waals surface area (Å²) in [6.07, 6.45) is 1.89. The van der Waals surface area contributed by atoms with Gasteiger partial charge in [-0.05, 0) is 38.1 Å². The molecule has 3 heterocycles. The van der Waals surface area contributed by atoms with E-state index >= 15 is 0 Å². The van der Waals surface area contributed by atoms with Crippen LogP contribution >= 0.6 is 0 Å². The molecule has 2 aromatic heterocycles. The van der Waals surface area contributed by atoms with Crippen molar-refractivity contribution in [2.45, 2.75) is 19.4 Å². The lowest BCUT2D eigenvalue weighted by Gasteiger charge is -2.43. The molecule has 0 amide bonds. The van der Waals surface area contributed by atoms with E-state index in [1.165, 1.54) is 0 Å². The van der Waals surface area contributed by atoms with Crippen LogP contribution in [0.4, 0.5) is 5.82 Å². The van der Waals surface area contributed by atoms with E-state index in [2.05, 4.69) is 45.3 Å². The van der Waals surface area contributed by atoms with Crippen LogP contribution in [0.25, 0.3) is 11.4 Å². The van der Waals surface area contributed by atoms with Crippen molar-refractivity contribution in [3.63, 3.8) is 0 Å². The second-order valence-electron chi connectivity index (χ2n) is 5.50. The molecule has 0 aliphatic carbocycles. The molecule has 1 saturated heterocycles. The molecule has 3 rings (SSSR count). The number of piperazine rings is 1. The first-order valence-corrected chi connectivity index (χ1v) is 6.63. The second-order valence-corrected chi connectivity index (χ2v) is 5.50. The number of H-pyrrole nitrogens is 1. The normalized spacial score (nSPS) is 18.5. The Labute approximate surface area is 113 Å². The molecule has 1 fully saturated rings. The first kappa shape index (κ1) is 12.2. The summed E-state index contributed by atoms with van der Waals surface area (Å²) in [6.45, 7) is 7.36. The van der Waals surface area contributed by atoms with Gasteiger partial charge in [0.05, 0.1) is 5.69 Å². The fraction of sp³-hybridized carbons (Fsp3) is 0.429. The van der Waals surface area contributed by atoms with Crippen LogP contribution in [0.3, 0.4) is 0 Å². The fourth-order valence-corrected chi connectivity index (χ4v) is 2.51. The van der Waals surface area contributed by atoms with Crippen molar-refractivity contribution in [3.05, 3.63) is 30.5 Å². The summed E-state index contributed by atoms with van der Waals surface area (Å²) in [5, 5.41) is 12.1. The van der Waals surface area contributed by atoms with Gasteiger partial charge >= 0.3 is 0 Å². The van der Waals surface area contributed by atoms with Crippen molar-refractivity contribution in [2.75, 3.05) is 24.5 Å². The van der Waals surface area contributed by atoms with Crippen LogP contribution in [0.1, 0.15) is 13.8 Å². The van der Waals surface area contributed by atoms with Gasteiger partial charge in [0.1, 0.15) is 5.69 Å². The van der Waals surface area contributed by atoms with Gasteiger partial charge in [-0.3, -0.25) is 0 Å². The predicted molar refractivity (Wildman–Crippen MR) is 76.1 cm³/mol. The van der Waals surface area contributed by atoms with Gasteiger partial charge in [0.25, 0.3) is 0 Å². The summed E-state index contributed by atoms with van der Waals surface area (Å²) in [4.78, 5) is 5.46. The smallest absolute Gasteiger partial charge is 0.151 e. The molecule has 0 atom stereocenters. The topological polar surface area (TPSA) is 56.8 Å². The third-order valence-corrected chi connectivity index (χ3v) is 3.60. The quantitative estimate of drug-likeness (QED) is 0.859. The predicted octanol–water partition coefficient (Wildman–Crippen LogP) is 1.66. The number of rotatable bonds is 2. The lowest BCUT2D eigenvalue weighted by molar-refractivity contribution is 0.377. The van der Waals surface area contributed by atoms with E-state index in [0.29, 0.717) is 0 Å². The van der Waals surface area contributed by atoms with E-state index in [4.69, 9.17) is 0 Å². The molecule has 0 saturated carbocycles. The van der Waals surface area contributed by atoms with Crippen LogP contribution in [-0.4, -0.2) is 40.4 Å². The number of anilines is 1. The summed E-state index contributed by atoms with van der Waals surface area (Å²) >= 11 is 0. The summed E-state index contributed by atoms with van der Waals surface area (Å²) in [6, 6.07) is 8.03.